The summed E-state index contributed by atoms with van der Waals surface area (Å²) in [4.78, 5) is 14.1. The first-order valence-corrected chi connectivity index (χ1v) is 9.22. The minimum atomic E-state index is -0.135. The summed E-state index contributed by atoms with van der Waals surface area (Å²) in [6.07, 6.45) is 5.39. The zero-order valence-electron chi connectivity index (χ0n) is 14.9. The third-order valence-corrected chi connectivity index (χ3v) is 5.46. The fourth-order valence-corrected chi connectivity index (χ4v) is 3.80. The second kappa shape index (κ2) is 6.67. The lowest BCUT2D eigenvalue weighted by atomic mass is 10.1. The lowest BCUT2D eigenvalue weighted by Crippen LogP contribution is -2.36. The van der Waals surface area contributed by atoms with Crippen molar-refractivity contribution in [3.05, 3.63) is 41.6 Å². The van der Waals surface area contributed by atoms with Crippen LogP contribution in [-0.2, 0) is 6.54 Å². The number of rotatable bonds is 5. The number of hydrogen-bond donors (Lipinski definition) is 1. The van der Waals surface area contributed by atoms with Gasteiger partial charge in [-0.3, -0.25) is 14.4 Å². The molecule has 6 heteroatoms. The van der Waals surface area contributed by atoms with Crippen LogP contribution in [-0.4, -0.2) is 40.7 Å². The Labute approximate surface area is 148 Å². The molecule has 2 aliphatic rings. The van der Waals surface area contributed by atoms with Gasteiger partial charge in [-0.05, 0) is 49.9 Å². The Balaban J connectivity index is 1.38. The molecule has 2 aromatic heterocycles. The Morgan fingerprint density at radius 3 is 3.00 bits per heavy atom. The van der Waals surface area contributed by atoms with Gasteiger partial charge in [-0.25, -0.2) is 0 Å². The molecule has 1 aliphatic carbocycles. The molecule has 2 fully saturated rings. The largest absolute Gasteiger partial charge is 0.464 e. The first kappa shape index (κ1) is 16.4. The van der Waals surface area contributed by atoms with E-state index in [1.807, 2.05) is 10.9 Å². The number of likely N-dealkylation sites (tertiary alicyclic amines) is 1. The highest BCUT2D eigenvalue weighted by atomic mass is 16.3. The van der Waals surface area contributed by atoms with E-state index in [2.05, 4.69) is 34.4 Å². The molecule has 1 saturated heterocycles. The smallest absolute Gasteiger partial charge is 0.271 e. The minimum Gasteiger partial charge on any atom is -0.464 e. The molecular weight excluding hydrogens is 316 g/mol. The molecule has 134 valence electrons. The fraction of sp³-hybridized carbons (Fsp3) is 0.579. The predicted octanol–water partition coefficient (Wildman–Crippen LogP) is 2.80. The second-order valence-corrected chi connectivity index (χ2v) is 7.41. The third-order valence-electron chi connectivity index (χ3n) is 5.46. The highest BCUT2D eigenvalue weighted by Gasteiger charge is 2.36. The Morgan fingerprint density at radius 1 is 1.40 bits per heavy atom. The van der Waals surface area contributed by atoms with Crippen molar-refractivity contribution in [1.29, 1.82) is 0 Å². The van der Waals surface area contributed by atoms with E-state index in [4.69, 9.17) is 4.42 Å². The van der Waals surface area contributed by atoms with E-state index >= 15 is 0 Å². The number of amides is 1. The summed E-state index contributed by atoms with van der Waals surface area (Å²) in [6, 6.07) is 6.37. The molecule has 6 nitrogen and oxygen atoms in total. The van der Waals surface area contributed by atoms with E-state index in [0.29, 0.717) is 17.7 Å². The molecule has 0 aromatic carbocycles. The molecule has 1 N–H and O–H groups in total. The van der Waals surface area contributed by atoms with Gasteiger partial charge >= 0.3 is 0 Å². The van der Waals surface area contributed by atoms with Crippen molar-refractivity contribution in [2.75, 3.05) is 20.1 Å². The van der Waals surface area contributed by atoms with Crippen LogP contribution < -0.4 is 5.32 Å². The molecule has 25 heavy (non-hydrogen) atoms. The summed E-state index contributed by atoms with van der Waals surface area (Å²) in [5.41, 5.74) is 0.480. The Bertz CT molecular complexity index is 750. The van der Waals surface area contributed by atoms with Crippen molar-refractivity contribution in [1.82, 2.24) is 20.0 Å². The van der Waals surface area contributed by atoms with Crippen LogP contribution in [0.1, 0.15) is 60.2 Å². The Hall–Kier alpha value is -2.08. The van der Waals surface area contributed by atoms with E-state index < -0.39 is 0 Å². The summed E-state index contributed by atoms with van der Waals surface area (Å²) in [5.74, 6) is 3.48. The summed E-state index contributed by atoms with van der Waals surface area (Å²) < 4.78 is 8.00. The van der Waals surface area contributed by atoms with Crippen LogP contribution in [0.5, 0.6) is 0 Å². The van der Waals surface area contributed by atoms with Gasteiger partial charge in [0.15, 0.2) is 0 Å². The molecule has 0 bridgehead atoms. The van der Waals surface area contributed by atoms with Crippen molar-refractivity contribution in [2.24, 2.45) is 5.92 Å². The highest BCUT2D eigenvalue weighted by molar-refractivity contribution is 5.91. The topological polar surface area (TPSA) is 63.3 Å². The van der Waals surface area contributed by atoms with E-state index in [9.17, 15) is 4.79 Å². The van der Waals surface area contributed by atoms with Crippen molar-refractivity contribution >= 4 is 5.91 Å². The van der Waals surface area contributed by atoms with Crippen molar-refractivity contribution in [3.8, 4) is 0 Å². The SMILES string of the molecule is CNC(=O)c1ccn([C@@H]2CCCN(Cc3ccc([C@H]4C[C@@H]4C)o3)C2)n1. The first-order valence-electron chi connectivity index (χ1n) is 9.22. The van der Waals surface area contributed by atoms with Crippen molar-refractivity contribution in [2.45, 2.75) is 44.7 Å². The molecule has 0 spiro atoms. The van der Waals surface area contributed by atoms with E-state index in [0.717, 1.165) is 49.9 Å². The standard InChI is InChI=1S/C19H26N4O2/c1-13-10-16(13)18-6-5-15(25-18)12-22-8-3-4-14(11-22)23-9-7-17(21-23)19(24)20-2/h5-7,9,13-14,16H,3-4,8,10-12H2,1-2H3,(H,20,24)/t13-,14+,16-/m0/s1. The molecule has 1 aliphatic heterocycles. The average Bonchev–Trinajstić information content (AvgIpc) is 3.05. The van der Waals surface area contributed by atoms with Gasteiger partial charge < -0.3 is 9.73 Å². The third kappa shape index (κ3) is 3.49. The molecule has 1 amide bonds. The number of carbonyl (C=O) groups excluding carboxylic acids is 1. The minimum absolute atomic E-state index is 0.135. The van der Waals surface area contributed by atoms with Gasteiger partial charge in [0.05, 0.1) is 12.6 Å². The number of piperidine rings is 1. The summed E-state index contributed by atoms with van der Waals surface area (Å²) in [6.45, 7) is 5.14. The van der Waals surface area contributed by atoms with Crippen LogP contribution in [0.25, 0.3) is 0 Å². The molecule has 4 rings (SSSR count). The molecular formula is C19H26N4O2. The van der Waals surface area contributed by atoms with Gasteiger partial charge in [0.2, 0.25) is 0 Å². The number of carbonyl (C=O) groups is 1. The maximum Gasteiger partial charge on any atom is 0.271 e. The van der Waals surface area contributed by atoms with Crippen LogP contribution in [0.4, 0.5) is 0 Å². The van der Waals surface area contributed by atoms with E-state index in [-0.39, 0.29) is 5.91 Å². The fourth-order valence-electron chi connectivity index (χ4n) is 3.80. The second-order valence-electron chi connectivity index (χ2n) is 7.41. The zero-order chi connectivity index (χ0) is 17.4. The number of nitrogens with one attached hydrogen (secondary N) is 1. The molecule has 3 heterocycles. The van der Waals surface area contributed by atoms with Gasteiger partial charge in [-0.1, -0.05) is 6.92 Å². The van der Waals surface area contributed by atoms with Gasteiger partial charge in [0.25, 0.3) is 5.91 Å². The maximum atomic E-state index is 11.7. The quantitative estimate of drug-likeness (QED) is 0.907. The van der Waals surface area contributed by atoms with E-state index in [1.165, 1.54) is 6.42 Å². The lowest BCUT2D eigenvalue weighted by Gasteiger charge is -2.32. The molecule has 1 saturated carbocycles. The van der Waals surface area contributed by atoms with Crippen LogP contribution in [0, 0.1) is 5.92 Å². The van der Waals surface area contributed by atoms with Crippen LogP contribution in [0.3, 0.4) is 0 Å². The molecule has 0 radical (unpaired) electrons. The molecule has 2 aromatic rings. The van der Waals surface area contributed by atoms with Crippen LogP contribution in [0.2, 0.25) is 0 Å². The van der Waals surface area contributed by atoms with E-state index in [1.54, 1.807) is 13.1 Å². The Morgan fingerprint density at radius 2 is 2.24 bits per heavy atom. The normalized spacial score (nSPS) is 26.6. The van der Waals surface area contributed by atoms with Crippen molar-refractivity contribution in [3.63, 3.8) is 0 Å². The summed E-state index contributed by atoms with van der Waals surface area (Å²) in [7, 11) is 1.63. The number of aromatic nitrogens is 2. The summed E-state index contributed by atoms with van der Waals surface area (Å²) in [5, 5.41) is 7.07. The van der Waals surface area contributed by atoms with Gasteiger partial charge in [-0.15, -0.1) is 0 Å². The number of hydrogen-bond acceptors (Lipinski definition) is 4. The summed E-state index contributed by atoms with van der Waals surface area (Å²) >= 11 is 0. The van der Waals surface area contributed by atoms with Crippen LogP contribution in [0.15, 0.2) is 28.8 Å². The predicted molar refractivity (Wildman–Crippen MR) is 94.4 cm³/mol. The van der Waals surface area contributed by atoms with Crippen LogP contribution >= 0.6 is 0 Å². The zero-order valence-corrected chi connectivity index (χ0v) is 14.9. The lowest BCUT2D eigenvalue weighted by molar-refractivity contribution is 0.0955. The monoisotopic (exact) mass is 342 g/mol. The van der Waals surface area contributed by atoms with Gasteiger partial charge in [0.1, 0.15) is 17.2 Å². The van der Waals surface area contributed by atoms with Crippen molar-refractivity contribution < 1.29 is 9.21 Å². The molecule has 3 atom stereocenters. The van der Waals surface area contributed by atoms with Gasteiger partial charge in [-0.2, -0.15) is 5.10 Å². The maximum absolute atomic E-state index is 11.7. The first-order chi connectivity index (χ1) is 12.1. The number of furan rings is 1. The number of nitrogens with zero attached hydrogens (tertiary/aromatic N) is 3. The Kier molecular flexibility index (Phi) is 4.37. The average molecular weight is 342 g/mol. The molecule has 0 unspecified atom stereocenters. The highest BCUT2D eigenvalue weighted by Crippen LogP contribution is 2.47. The van der Waals surface area contributed by atoms with Gasteiger partial charge in [0, 0.05) is 25.7 Å².